The molecule has 25 heavy (non-hydrogen) atoms. The smallest absolute Gasteiger partial charge is 0.335 e. The molecule has 0 aliphatic heterocycles. The molecule has 0 aromatic heterocycles. The van der Waals surface area contributed by atoms with Crippen LogP contribution in [0.3, 0.4) is 0 Å². The van der Waals surface area contributed by atoms with Crippen molar-refractivity contribution in [2.75, 3.05) is 6.61 Å². The van der Waals surface area contributed by atoms with Crippen LogP contribution in [-0.4, -0.2) is 24.0 Å². The van der Waals surface area contributed by atoms with Crippen LogP contribution in [0.25, 0.3) is 11.1 Å². The number of hydrogen-bond acceptors (Lipinski definition) is 4. The van der Waals surface area contributed by atoms with Gasteiger partial charge in [-0.2, -0.15) is 0 Å². The number of carbonyl (C=O) groups is 1. The Hall–Kier alpha value is -2.69. The van der Waals surface area contributed by atoms with Gasteiger partial charge in [0.05, 0.1) is 6.61 Å². The van der Waals surface area contributed by atoms with Crippen LogP contribution in [0.4, 0.5) is 0 Å². The molecule has 1 atom stereocenters. The van der Waals surface area contributed by atoms with Gasteiger partial charge in [0.2, 0.25) is 0 Å². The predicted octanol–water partition coefficient (Wildman–Crippen LogP) is 3.90. The van der Waals surface area contributed by atoms with Gasteiger partial charge in [-0.3, -0.25) is 0 Å². The molecule has 1 unspecified atom stereocenters. The van der Waals surface area contributed by atoms with Gasteiger partial charge in [0.15, 0.2) is 6.29 Å². The fourth-order valence-electron chi connectivity index (χ4n) is 2.29. The van der Waals surface area contributed by atoms with Crippen LogP contribution in [0.1, 0.15) is 12.0 Å². The summed E-state index contributed by atoms with van der Waals surface area (Å²) in [5.74, 6) is 0.0219. The van der Waals surface area contributed by atoms with E-state index in [0.29, 0.717) is 12.4 Å². The van der Waals surface area contributed by atoms with Gasteiger partial charge in [-0.05, 0) is 47.7 Å². The molecule has 2 aromatic rings. The Morgan fingerprint density at radius 1 is 1.04 bits per heavy atom. The van der Waals surface area contributed by atoms with E-state index in [0.717, 1.165) is 30.0 Å². The van der Waals surface area contributed by atoms with Crippen LogP contribution >= 0.6 is 0 Å². The third-order valence-corrected chi connectivity index (χ3v) is 3.63. The number of aliphatic hydroxyl groups is 1. The lowest BCUT2D eigenvalue weighted by Crippen LogP contribution is -2.09. The summed E-state index contributed by atoms with van der Waals surface area (Å²) in [4.78, 5) is 11.2. The lowest BCUT2D eigenvalue weighted by molar-refractivity contribution is -0.128. The van der Waals surface area contributed by atoms with E-state index < -0.39 is 12.3 Å². The summed E-state index contributed by atoms with van der Waals surface area (Å²) in [5, 5.41) is 9.23. The lowest BCUT2D eigenvalue weighted by atomic mass is 10.0. The van der Waals surface area contributed by atoms with E-state index in [9.17, 15) is 9.90 Å². The molecule has 0 amide bonds. The van der Waals surface area contributed by atoms with E-state index in [4.69, 9.17) is 9.47 Å². The number of hydrogen-bond donors (Lipinski definition) is 1. The monoisotopic (exact) mass is 338 g/mol. The summed E-state index contributed by atoms with van der Waals surface area (Å²) in [5.41, 5.74) is 3.34. The Morgan fingerprint density at radius 3 is 2.20 bits per heavy atom. The second kappa shape index (κ2) is 9.57. The molecule has 2 aromatic carbocycles. The Labute approximate surface area is 148 Å². The molecular weight excluding hydrogens is 316 g/mol. The number of rotatable bonds is 9. The summed E-state index contributed by atoms with van der Waals surface area (Å²) in [6, 6.07) is 15.6. The Kier molecular flexibility index (Phi) is 7.14. The van der Waals surface area contributed by atoms with Crippen molar-refractivity contribution in [3.05, 3.63) is 79.4 Å². The number of aryl methyl sites for hydroxylation is 1. The van der Waals surface area contributed by atoms with Gasteiger partial charge in [-0.25, -0.2) is 4.79 Å². The summed E-state index contributed by atoms with van der Waals surface area (Å²) < 4.78 is 10.2. The molecule has 0 fully saturated rings. The number of aliphatic hydroxyl groups excluding tert-OH is 1. The summed E-state index contributed by atoms with van der Waals surface area (Å²) >= 11 is 0. The molecule has 0 aliphatic carbocycles. The third kappa shape index (κ3) is 6.03. The van der Waals surface area contributed by atoms with E-state index in [-0.39, 0.29) is 0 Å². The molecule has 0 bridgehead atoms. The molecule has 0 saturated carbocycles. The van der Waals surface area contributed by atoms with Gasteiger partial charge in [0.1, 0.15) is 5.75 Å². The van der Waals surface area contributed by atoms with Crippen LogP contribution in [0.5, 0.6) is 5.75 Å². The zero-order valence-electron chi connectivity index (χ0n) is 14.1. The fourth-order valence-corrected chi connectivity index (χ4v) is 2.29. The Bertz CT molecular complexity index is 702. The molecular formula is C21H22O4. The maximum Gasteiger partial charge on any atom is 0.335 e. The van der Waals surface area contributed by atoms with Crippen molar-refractivity contribution < 1.29 is 19.4 Å². The van der Waals surface area contributed by atoms with Crippen molar-refractivity contribution in [2.24, 2.45) is 0 Å². The number of carbonyl (C=O) groups excluding carboxylic acids is 1. The van der Waals surface area contributed by atoms with Gasteiger partial charge in [-0.1, -0.05) is 49.6 Å². The van der Waals surface area contributed by atoms with Gasteiger partial charge in [0, 0.05) is 6.08 Å². The average Bonchev–Trinajstić information content (AvgIpc) is 2.66. The summed E-state index contributed by atoms with van der Waals surface area (Å²) in [6.45, 7) is 7.31. The largest absolute Gasteiger partial charge is 0.423 e. The van der Waals surface area contributed by atoms with Crippen LogP contribution < -0.4 is 4.74 Å². The highest BCUT2D eigenvalue weighted by Gasteiger charge is 2.03. The molecule has 0 heterocycles. The zero-order chi connectivity index (χ0) is 18.1. The minimum Gasteiger partial charge on any atom is -0.423 e. The molecule has 0 radical (unpaired) electrons. The van der Waals surface area contributed by atoms with Gasteiger partial charge in [0.25, 0.3) is 0 Å². The molecule has 0 spiro atoms. The molecule has 1 N–H and O–H groups in total. The first-order valence-electron chi connectivity index (χ1n) is 8.08. The normalized spacial score (nSPS) is 11.6. The first-order valence-corrected chi connectivity index (χ1v) is 8.08. The van der Waals surface area contributed by atoms with Crippen molar-refractivity contribution >= 4 is 5.97 Å². The van der Waals surface area contributed by atoms with E-state index in [1.54, 1.807) is 12.1 Å². The van der Waals surface area contributed by atoms with E-state index >= 15 is 0 Å². The highest BCUT2D eigenvalue weighted by Crippen LogP contribution is 2.23. The van der Waals surface area contributed by atoms with E-state index in [1.165, 1.54) is 11.6 Å². The number of ether oxygens (including phenoxy) is 2. The van der Waals surface area contributed by atoms with Crippen LogP contribution in [0.15, 0.2) is 73.8 Å². The summed E-state index contributed by atoms with van der Waals surface area (Å²) in [7, 11) is 0. The second-order valence-corrected chi connectivity index (χ2v) is 5.45. The molecule has 0 aliphatic rings. The SMILES string of the molecule is C=CC(=O)Oc1ccc(-c2ccc(CCCOC(O)C=C)cc2)cc1. The minimum atomic E-state index is -0.892. The average molecular weight is 338 g/mol. The maximum atomic E-state index is 11.2. The molecule has 0 saturated heterocycles. The molecule has 4 nitrogen and oxygen atoms in total. The van der Waals surface area contributed by atoms with Gasteiger partial charge >= 0.3 is 5.97 Å². The van der Waals surface area contributed by atoms with Crippen molar-refractivity contribution in [1.82, 2.24) is 0 Å². The predicted molar refractivity (Wildman–Crippen MR) is 98.2 cm³/mol. The van der Waals surface area contributed by atoms with Gasteiger partial charge in [-0.15, -0.1) is 0 Å². The molecule has 130 valence electrons. The number of esters is 1. The van der Waals surface area contributed by atoms with Crippen LogP contribution in [-0.2, 0) is 16.0 Å². The minimum absolute atomic E-state index is 0.471. The van der Waals surface area contributed by atoms with E-state index in [1.807, 2.05) is 12.1 Å². The standard InChI is InChI=1S/C21H22O4/c1-3-20(22)24-15-5-6-16-7-9-17(10-8-16)18-11-13-19(14-12-18)25-21(23)4-2/h3-4,7-14,20,22H,1-2,5-6,15H2. The first-order chi connectivity index (χ1) is 12.1. The zero-order valence-corrected chi connectivity index (χ0v) is 14.1. The van der Waals surface area contributed by atoms with Crippen molar-refractivity contribution in [3.63, 3.8) is 0 Å². The van der Waals surface area contributed by atoms with Crippen molar-refractivity contribution in [1.29, 1.82) is 0 Å². The van der Waals surface area contributed by atoms with Gasteiger partial charge < -0.3 is 14.6 Å². The third-order valence-electron chi connectivity index (χ3n) is 3.63. The highest BCUT2D eigenvalue weighted by molar-refractivity contribution is 5.83. The quantitative estimate of drug-likeness (QED) is 0.188. The number of benzene rings is 2. The lowest BCUT2D eigenvalue weighted by Gasteiger charge is -2.08. The van der Waals surface area contributed by atoms with E-state index in [2.05, 4.69) is 37.4 Å². The maximum absolute atomic E-state index is 11.2. The Morgan fingerprint density at radius 2 is 1.64 bits per heavy atom. The van der Waals surface area contributed by atoms with Crippen molar-refractivity contribution in [3.8, 4) is 16.9 Å². The Balaban J connectivity index is 1.89. The van der Waals surface area contributed by atoms with Crippen LogP contribution in [0.2, 0.25) is 0 Å². The van der Waals surface area contributed by atoms with Crippen LogP contribution in [0, 0.1) is 0 Å². The molecule has 4 heteroatoms. The first kappa shape index (κ1) is 18.6. The second-order valence-electron chi connectivity index (χ2n) is 5.45. The topological polar surface area (TPSA) is 55.8 Å². The van der Waals surface area contributed by atoms with Crippen molar-refractivity contribution in [2.45, 2.75) is 19.1 Å². The highest BCUT2D eigenvalue weighted by atomic mass is 16.6. The fraction of sp³-hybridized carbons (Fsp3) is 0.190. The summed E-state index contributed by atoms with van der Waals surface area (Å²) in [6.07, 6.45) is 3.30. The molecule has 2 rings (SSSR count).